The monoisotopic (exact) mass is 866 g/mol. The number of carbonyl (C=O) groups is 2. The molecule has 0 aromatic carbocycles. The van der Waals surface area contributed by atoms with Crippen LogP contribution in [0.4, 0.5) is 0 Å². The molecule has 0 N–H and O–H groups in total. The SMILES string of the molecule is CCCCCCCCCCCCCCCCCC(=O)[O-].CCCCCCCCCCCCCCCCCC(=O)[O-].C[CH2][Al]([Cl])[CH2]C.C[CH2][Al]([Cl])[CH2]C.[Co+2]. The van der Waals surface area contributed by atoms with Crippen molar-refractivity contribution in [1.29, 1.82) is 0 Å². The van der Waals surface area contributed by atoms with Crippen molar-refractivity contribution in [2.24, 2.45) is 0 Å². The molecular weight excluding hydrogens is 776 g/mol. The Hall–Kier alpha value is 1.09. The van der Waals surface area contributed by atoms with Crippen molar-refractivity contribution in [2.75, 3.05) is 0 Å². The fourth-order valence-corrected chi connectivity index (χ4v) is 7.01. The van der Waals surface area contributed by atoms with E-state index in [2.05, 4.69) is 41.5 Å². The fourth-order valence-electron chi connectivity index (χ4n) is 5.86. The van der Waals surface area contributed by atoms with E-state index in [0.29, 0.717) is 0 Å². The maximum Gasteiger partial charge on any atom is 2.00 e. The summed E-state index contributed by atoms with van der Waals surface area (Å²) in [6.45, 7) is 13.2. The van der Waals surface area contributed by atoms with E-state index < -0.39 is 38.4 Å². The zero-order valence-corrected chi connectivity index (χ0v) is 41.2. The third-order valence-corrected chi connectivity index (χ3v) is 17.0. The first-order valence-corrected chi connectivity index (χ1v) is 29.6. The third-order valence-electron chi connectivity index (χ3n) is 9.74. The predicted octanol–water partition coefficient (Wildman–Crippen LogP) is 14.5. The van der Waals surface area contributed by atoms with Crippen molar-refractivity contribution in [2.45, 2.75) is 268 Å². The topological polar surface area (TPSA) is 80.3 Å². The summed E-state index contributed by atoms with van der Waals surface area (Å²) in [7, 11) is 11.6. The molecule has 9 heteroatoms. The molecule has 0 fully saturated rings. The molecule has 0 aliphatic carbocycles. The number of aliphatic carboxylic acids is 2. The van der Waals surface area contributed by atoms with Gasteiger partial charge in [0.2, 0.25) is 0 Å². The van der Waals surface area contributed by atoms with Crippen molar-refractivity contribution >= 4 is 58.5 Å². The largest absolute Gasteiger partial charge is 2.00 e. The summed E-state index contributed by atoms with van der Waals surface area (Å²) < 4.78 is 0. The van der Waals surface area contributed by atoms with Gasteiger partial charge in [0.05, 0.1) is 0 Å². The van der Waals surface area contributed by atoms with Gasteiger partial charge in [-0.3, -0.25) is 20.1 Å². The van der Waals surface area contributed by atoms with Gasteiger partial charge in [0, 0.05) is 11.9 Å². The minimum atomic E-state index is -0.903. The molecule has 0 aliphatic rings. The van der Waals surface area contributed by atoms with Crippen LogP contribution in [0.25, 0.3) is 0 Å². The molecule has 0 amide bonds. The van der Waals surface area contributed by atoms with Crippen LogP contribution in [-0.2, 0) is 26.4 Å². The standard InChI is InChI=1S/2C18H36O2.4C2H5.2Al.2ClH.Co/c2*1-2-3-4-5-6-7-8-9-10-11-12-13-14-15-16-17-18(19)20;4*1-2;;;;;/h2*2-17H2,1H3,(H,19,20);4*1H2,2H3;;;2*1H;/q;;;;;;2*+1;;;+2/p-4. The number of carboxylic acids is 2. The molecule has 0 atom stereocenters. The van der Waals surface area contributed by atoms with Crippen LogP contribution in [0.3, 0.4) is 0 Å². The van der Waals surface area contributed by atoms with E-state index in [-0.39, 0.29) is 29.6 Å². The summed E-state index contributed by atoms with van der Waals surface area (Å²) in [5.74, 6) is -1.81. The minimum Gasteiger partial charge on any atom is -0.550 e. The van der Waals surface area contributed by atoms with Gasteiger partial charge in [-0.2, -0.15) is 0 Å². The smallest absolute Gasteiger partial charge is 0.550 e. The van der Waals surface area contributed by atoms with Crippen LogP contribution in [0.15, 0.2) is 0 Å². The molecule has 0 saturated heterocycles. The molecule has 53 heavy (non-hydrogen) atoms. The van der Waals surface area contributed by atoms with Crippen LogP contribution < -0.4 is 10.2 Å². The summed E-state index contributed by atoms with van der Waals surface area (Å²) >= 11 is -1.38. The van der Waals surface area contributed by atoms with E-state index in [1.165, 1.54) is 188 Å². The van der Waals surface area contributed by atoms with E-state index >= 15 is 0 Å². The van der Waals surface area contributed by atoms with Gasteiger partial charge in [-0.1, -0.05) is 242 Å². The molecular formula is C44H90Al2Cl2CoO4. The zero-order chi connectivity index (χ0) is 39.8. The second-order valence-corrected chi connectivity index (χ2v) is 24.3. The van der Waals surface area contributed by atoms with Crippen molar-refractivity contribution in [3.8, 4) is 0 Å². The van der Waals surface area contributed by atoms with E-state index in [0.717, 1.165) is 25.7 Å². The Labute approximate surface area is 360 Å². The van der Waals surface area contributed by atoms with Gasteiger partial charge in [-0.05, 0) is 25.7 Å². The average Bonchev–Trinajstić information content (AvgIpc) is 3.14. The third kappa shape index (κ3) is 74.6. The summed E-state index contributed by atoms with van der Waals surface area (Å²) in [5, 5.41) is 25.4. The molecule has 0 rings (SSSR count). The fraction of sp³-hybridized carbons (Fsp3) is 0.955. The number of carbonyl (C=O) groups excluding carboxylic acids is 2. The molecule has 0 heterocycles. The van der Waals surface area contributed by atoms with Crippen molar-refractivity contribution in [1.82, 2.24) is 0 Å². The first-order valence-electron chi connectivity index (χ1n) is 22.8. The van der Waals surface area contributed by atoms with Crippen LogP contribution in [-0.4, -0.2) is 38.4 Å². The Bertz CT molecular complexity index is 603. The van der Waals surface area contributed by atoms with Crippen LogP contribution in [0.2, 0.25) is 21.1 Å². The zero-order valence-electron chi connectivity index (χ0n) is 36.3. The molecule has 0 unspecified atom stereocenters. The van der Waals surface area contributed by atoms with Gasteiger partial charge in [0.15, 0.2) is 0 Å². The van der Waals surface area contributed by atoms with Gasteiger partial charge >= 0.3 is 43.2 Å². The summed E-state index contributed by atoms with van der Waals surface area (Å²) in [6.07, 6.45) is 39.7. The molecule has 0 aromatic rings. The van der Waals surface area contributed by atoms with Crippen molar-refractivity contribution < 1.29 is 36.6 Å². The number of carboxylic acid groups (broad SMARTS) is 2. The molecule has 4 nitrogen and oxygen atoms in total. The van der Waals surface area contributed by atoms with E-state index in [4.69, 9.17) is 20.1 Å². The molecule has 0 saturated carbocycles. The van der Waals surface area contributed by atoms with E-state index in [1.807, 2.05) is 0 Å². The Morgan fingerprint density at radius 2 is 0.491 bits per heavy atom. The van der Waals surface area contributed by atoms with Crippen LogP contribution in [0.1, 0.15) is 247 Å². The summed E-state index contributed by atoms with van der Waals surface area (Å²) in [5.41, 5.74) is 0. The van der Waals surface area contributed by atoms with E-state index in [9.17, 15) is 19.8 Å². The number of halogens is 2. The number of rotatable bonds is 36. The summed E-state index contributed by atoms with van der Waals surface area (Å²) in [6, 6.07) is 0. The molecule has 1 radical (unpaired) electrons. The maximum absolute atomic E-state index is 10.2. The Balaban J connectivity index is -0.000000218. The number of hydrogen-bond acceptors (Lipinski definition) is 4. The first-order chi connectivity index (χ1) is 25.2. The van der Waals surface area contributed by atoms with Gasteiger partial charge in [-0.15, -0.1) is 0 Å². The molecule has 0 spiro atoms. The second-order valence-electron chi connectivity index (χ2n) is 15.0. The summed E-state index contributed by atoms with van der Waals surface area (Å²) in [4.78, 5) is 20.4. The second kappa shape index (κ2) is 59.8. The number of unbranched alkanes of at least 4 members (excludes halogenated alkanes) is 28. The maximum atomic E-state index is 10.2. The normalized spacial score (nSPS) is 10.1. The molecule has 0 aromatic heterocycles. The van der Waals surface area contributed by atoms with Crippen molar-refractivity contribution in [3.63, 3.8) is 0 Å². The molecule has 0 aliphatic heterocycles. The number of hydrogen-bond donors (Lipinski definition) is 0. The first kappa shape index (κ1) is 63.3. The van der Waals surface area contributed by atoms with Crippen LogP contribution in [0, 0.1) is 0 Å². The Morgan fingerprint density at radius 1 is 0.340 bits per heavy atom. The van der Waals surface area contributed by atoms with Crippen LogP contribution >= 0.6 is 20.1 Å². The van der Waals surface area contributed by atoms with E-state index in [1.54, 1.807) is 0 Å². The average molecular weight is 867 g/mol. The Morgan fingerprint density at radius 3 is 0.604 bits per heavy atom. The van der Waals surface area contributed by atoms with Gasteiger partial charge in [0.25, 0.3) is 0 Å². The molecule has 0 bridgehead atoms. The predicted molar refractivity (Wildman–Crippen MR) is 234 cm³/mol. The van der Waals surface area contributed by atoms with Crippen LogP contribution in [0.5, 0.6) is 0 Å². The van der Waals surface area contributed by atoms with Crippen molar-refractivity contribution in [3.05, 3.63) is 0 Å². The minimum absolute atomic E-state index is 0. The van der Waals surface area contributed by atoms with Gasteiger partial charge < -0.3 is 19.8 Å². The van der Waals surface area contributed by atoms with Gasteiger partial charge in [0.1, 0.15) is 0 Å². The van der Waals surface area contributed by atoms with Gasteiger partial charge in [-0.25, -0.2) is 0 Å². The quantitative estimate of drug-likeness (QED) is 0.0464. The molecule has 319 valence electrons. The Kier molecular flexibility index (Phi) is 71.4.